The van der Waals surface area contributed by atoms with Gasteiger partial charge in [-0.15, -0.1) is 0 Å². The molecule has 3 nitrogen and oxygen atoms in total. The third-order valence-electron chi connectivity index (χ3n) is 5.46. The predicted octanol–water partition coefficient (Wildman–Crippen LogP) is 1.35. The Morgan fingerprint density at radius 3 is 2.00 bits per heavy atom. The van der Waals surface area contributed by atoms with Crippen molar-refractivity contribution in [2.24, 2.45) is 16.7 Å². The van der Waals surface area contributed by atoms with Crippen LogP contribution in [0.25, 0.3) is 0 Å². The topological polar surface area (TPSA) is 37.4 Å². The van der Waals surface area contributed by atoms with E-state index in [2.05, 4.69) is 22.6 Å². The third kappa shape index (κ3) is 0.604. The van der Waals surface area contributed by atoms with Gasteiger partial charge in [-0.3, -0.25) is 14.5 Å². The van der Waals surface area contributed by atoms with Crippen molar-refractivity contribution < 1.29 is 9.59 Å². The number of likely N-dealkylation sites (tertiary alicyclic amines) is 1. The largest absolute Gasteiger partial charge is 0.285 e. The Morgan fingerprint density at radius 1 is 1.20 bits per heavy atom. The van der Waals surface area contributed by atoms with Crippen LogP contribution in [0, 0.1) is 16.7 Å². The van der Waals surface area contributed by atoms with Gasteiger partial charge in [-0.05, 0) is 31.6 Å². The monoisotopic (exact) mass is 317 g/mol. The predicted molar refractivity (Wildman–Crippen MR) is 61.4 cm³/mol. The van der Waals surface area contributed by atoms with Gasteiger partial charge >= 0.3 is 0 Å². The average molecular weight is 317 g/mol. The fourth-order valence-electron chi connectivity index (χ4n) is 4.98. The maximum Gasteiger partial charge on any atom is 0.236 e. The number of hydrogen-bond acceptors (Lipinski definition) is 2. The van der Waals surface area contributed by atoms with Gasteiger partial charge in [0.05, 0.1) is 10.8 Å². The molecule has 5 rings (SSSR count). The van der Waals surface area contributed by atoms with Gasteiger partial charge in [0, 0.05) is 10.5 Å². The van der Waals surface area contributed by atoms with E-state index in [4.69, 9.17) is 0 Å². The molecule has 5 aliphatic rings. The normalized spacial score (nSPS) is 59.9. The van der Waals surface area contributed by atoms with E-state index in [1.54, 1.807) is 7.05 Å². The fourth-order valence-corrected chi connectivity index (χ4v) is 6.72. The minimum atomic E-state index is -0.273. The second-order valence-corrected chi connectivity index (χ2v) is 7.98. The molecular weight excluding hydrogens is 305 g/mol. The summed E-state index contributed by atoms with van der Waals surface area (Å²) in [6, 6.07) is 0. The number of imide groups is 1. The van der Waals surface area contributed by atoms with Crippen LogP contribution in [-0.4, -0.2) is 27.2 Å². The zero-order valence-electron chi connectivity index (χ0n) is 8.55. The maximum absolute atomic E-state index is 12.3. The molecule has 0 aromatic carbocycles. The van der Waals surface area contributed by atoms with Gasteiger partial charge in [0.15, 0.2) is 0 Å². The van der Waals surface area contributed by atoms with E-state index in [1.807, 2.05) is 0 Å². The van der Waals surface area contributed by atoms with Crippen molar-refractivity contribution in [3.8, 4) is 0 Å². The van der Waals surface area contributed by atoms with E-state index in [0.717, 1.165) is 25.7 Å². The first-order valence-electron chi connectivity index (χ1n) is 5.47. The van der Waals surface area contributed by atoms with Crippen molar-refractivity contribution >= 4 is 34.4 Å². The molecule has 5 fully saturated rings. The summed E-state index contributed by atoms with van der Waals surface area (Å²) < 4.78 is 0.268. The number of carbonyl (C=O) groups is 2. The molecular formula is C11H12INO2. The lowest BCUT2D eigenvalue weighted by Crippen LogP contribution is -2.35. The van der Waals surface area contributed by atoms with Crippen LogP contribution in [0.5, 0.6) is 0 Å². The highest BCUT2D eigenvalue weighted by atomic mass is 127. The second kappa shape index (κ2) is 2.00. The number of halogens is 1. The molecule has 4 saturated carbocycles. The highest BCUT2D eigenvalue weighted by Crippen LogP contribution is 2.83. The van der Waals surface area contributed by atoms with Crippen LogP contribution in [0.2, 0.25) is 0 Å². The number of carbonyl (C=O) groups excluding carboxylic acids is 2. The van der Waals surface area contributed by atoms with Crippen LogP contribution in [0.3, 0.4) is 0 Å². The van der Waals surface area contributed by atoms with Gasteiger partial charge in [-0.2, -0.15) is 0 Å². The molecule has 4 aliphatic carbocycles. The Morgan fingerprint density at radius 2 is 1.67 bits per heavy atom. The molecule has 2 amide bonds. The second-order valence-electron chi connectivity index (χ2n) is 5.83. The highest BCUT2D eigenvalue weighted by Gasteiger charge is 2.85. The summed E-state index contributed by atoms with van der Waals surface area (Å²) >= 11 is 2.52. The van der Waals surface area contributed by atoms with Crippen LogP contribution in [-0.2, 0) is 9.59 Å². The maximum atomic E-state index is 12.3. The first-order valence-corrected chi connectivity index (χ1v) is 6.55. The Hall–Kier alpha value is -0.130. The van der Waals surface area contributed by atoms with Crippen LogP contribution in [0.15, 0.2) is 0 Å². The van der Waals surface area contributed by atoms with Crippen molar-refractivity contribution in [3.63, 3.8) is 0 Å². The molecule has 0 N–H and O–H groups in total. The summed E-state index contributed by atoms with van der Waals surface area (Å²) in [5.41, 5.74) is -0.546. The molecule has 2 unspecified atom stereocenters. The third-order valence-corrected chi connectivity index (χ3v) is 7.10. The van der Waals surface area contributed by atoms with Crippen LogP contribution < -0.4 is 0 Å². The minimum absolute atomic E-state index is 0.117. The van der Waals surface area contributed by atoms with E-state index in [1.165, 1.54) is 4.90 Å². The van der Waals surface area contributed by atoms with E-state index in [9.17, 15) is 9.59 Å². The van der Waals surface area contributed by atoms with Gasteiger partial charge < -0.3 is 0 Å². The smallest absolute Gasteiger partial charge is 0.236 e. The summed E-state index contributed by atoms with van der Waals surface area (Å²) in [5.74, 6) is 0.858. The number of hydrogen-bond donors (Lipinski definition) is 0. The SMILES string of the molecule is CN1C(=O)C23CC4CC2(CC4(I)C3)C1=O. The van der Waals surface area contributed by atoms with Crippen LogP contribution in [0.1, 0.15) is 25.7 Å². The minimum Gasteiger partial charge on any atom is -0.285 e. The summed E-state index contributed by atoms with van der Waals surface area (Å²) in [7, 11) is 1.66. The fraction of sp³-hybridized carbons (Fsp3) is 0.818. The van der Waals surface area contributed by atoms with E-state index in [-0.39, 0.29) is 26.1 Å². The lowest BCUT2D eigenvalue weighted by Gasteiger charge is -2.27. The summed E-state index contributed by atoms with van der Waals surface area (Å²) in [4.78, 5) is 25.9. The summed E-state index contributed by atoms with van der Waals surface area (Å²) in [6.07, 6.45) is 3.87. The van der Waals surface area contributed by atoms with Crippen molar-refractivity contribution in [1.29, 1.82) is 0 Å². The number of amides is 2. The molecule has 0 aromatic heterocycles. The first-order chi connectivity index (χ1) is 6.95. The zero-order chi connectivity index (χ0) is 10.6. The van der Waals surface area contributed by atoms with Crippen molar-refractivity contribution in [2.45, 2.75) is 29.1 Å². The lowest BCUT2D eigenvalue weighted by atomic mass is 9.70. The highest BCUT2D eigenvalue weighted by molar-refractivity contribution is 14.1. The lowest BCUT2D eigenvalue weighted by molar-refractivity contribution is -0.140. The molecule has 4 heteroatoms. The Bertz CT molecular complexity index is 400. The number of alkyl halides is 1. The molecule has 2 spiro atoms. The van der Waals surface area contributed by atoms with Crippen molar-refractivity contribution in [3.05, 3.63) is 0 Å². The molecule has 0 aromatic rings. The molecule has 80 valence electrons. The standard InChI is InChI=1S/C11H12INO2/c1-13-7(14)9-2-6-3-10(9,8(13)15)5-11(6,12)4-9/h6H,2-5H2,1H3. The summed E-state index contributed by atoms with van der Waals surface area (Å²) in [6.45, 7) is 0. The van der Waals surface area contributed by atoms with E-state index < -0.39 is 0 Å². The first kappa shape index (κ1) is 8.96. The van der Waals surface area contributed by atoms with Gasteiger partial charge in [0.1, 0.15) is 0 Å². The molecule has 2 atom stereocenters. The van der Waals surface area contributed by atoms with Crippen LogP contribution >= 0.6 is 22.6 Å². The molecule has 15 heavy (non-hydrogen) atoms. The van der Waals surface area contributed by atoms with Gasteiger partial charge in [0.2, 0.25) is 11.8 Å². The Balaban J connectivity index is 2.02. The summed E-state index contributed by atoms with van der Waals surface area (Å²) in [5, 5.41) is 0. The van der Waals surface area contributed by atoms with E-state index in [0.29, 0.717) is 5.92 Å². The average Bonchev–Trinajstić information content (AvgIpc) is 2.81. The molecule has 0 radical (unpaired) electrons. The van der Waals surface area contributed by atoms with Crippen LogP contribution in [0.4, 0.5) is 0 Å². The zero-order valence-corrected chi connectivity index (χ0v) is 10.7. The quantitative estimate of drug-likeness (QED) is 0.384. The number of rotatable bonds is 0. The van der Waals surface area contributed by atoms with E-state index >= 15 is 0 Å². The van der Waals surface area contributed by atoms with Gasteiger partial charge in [-0.1, -0.05) is 22.6 Å². The molecule has 1 aliphatic heterocycles. The van der Waals surface area contributed by atoms with Crippen molar-refractivity contribution in [2.75, 3.05) is 7.05 Å². The number of nitrogens with zero attached hydrogens (tertiary/aromatic N) is 1. The van der Waals surface area contributed by atoms with Gasteiger partial charge in [0.25, 0.3) is 0 Å². The Labute approximate surface area is 102 Å². The Kier molecular flexibility index (Phi) is 1.20. The van der Waals surface area contributed by atoms with Crippen molar-refractivity contribution in [1.82, 2.24) is 4.90 Å². The molecule has 4 bridgehead atoms. The molecule has 1 saturated heterocycles. The van der Waals surface area contributed by atoms with Gasteiger partial charge in [-0.25, -0.2) is 0 Å². The molecule has 1 heterocycles.